The first-order valence-electron chi connectivity index (χ1n) is 9.06. The maximum absolute atomic E-state index is 4.08. The van der Waals surface area contributed by atoms with Crippen molar-refractivity contribution in [1.82, 2.24) is 15.8 Å². The van der Waals surface area contributed by atoms with Gasteiger partial charge >= 0.3 is 0 Å². The van der Waals surface area contributed by atoms with Gasteiger partial charge in [0.05, 0.1) is 6.04 Å². The highest BCUT2D eigenvalue weighted by Gasteiger charge is 2.29. The van der Waals surface area contributed by atoms with Gasteiger partial charge in [0.2, 0.25) is 0 Å². The van der Waals surface area contributed by atoms with Crippen molar-refractivity contribution in [2.24, 2.45) is 11.8 Å². The van der Waals surface area contributed by atoms with Gasteiger partial charge in [-0.2, -0.15) is 0 Å². The summed E-state index contributed by atoms with van der Waals surface area (Å²) in [4.78, 5) is 0. The summed E-state index contributed by atoms with van der Waals surface area (Å²) in [5.74, 6) is 1.31. The van der Waals surface area contributed by atoms with Crippen molar-refractivity contribution in [2.45, 2.75) is 79.3 Å². The minimum Gasteiger partial charge on any atom is -0.381 e. The van der Waals surface area contributed by atoms with E-state index in [0.29, 0.717) is 12.0 Å². The first kappa shape index (κ1) is 19.1. The summed E-state index contributed by atoms with van der Waals surface area (Å²) in [5, 5.41) is 5.98. The van der Waals surface area contributed by atoms with Crippen molar-refractivity contribution in [1.29, 1.82) is 0 Å². The molecular weight excluding hydrogens is 270 g/mol. The van der Waals surface area contributed by atoms with Crippen LogP contribution in [0.3, 0.4) is 0 Å². The highest BCUT2D eigenvalue weighted by molar-refractivity contribution is 5.12. The normalized spacial score (nSPS) is 24.6. The molecule has 1 saturated heterocycles. The average Bonchev–Trinajstić information content (AvgIpc) is 2.77. The van der Waals surface area contributed by atoms with Crippen molar-refractivity contribution in [2.75, 3.05) is 6.54 Å². The molecule has 0 aliphatic carbocycles. The highest BCUT2D eigenvalue weighted by Crippen LogP contribution is 2.25. The van der Waals surface area contributed by atoms with E-state index < -0.39 is 0 Å². The van der Waals surface area contributed by atoms with Gasteiger partial charge in [0.15, 0.2) is 0 Å². The maximum Gasteiger partial charge on any atom is 0.0639 e. The van der Waals surface area contributed by atoms with Gasteiger partial charge in [-0.3, -0.25) is 0 Å². The second-order valence-electron chi connectivity index (χ2n) is 7.24. The third-order valence-corrected chi connectivity index (χ3v) is 4.34. The second kappa shape index (κ2) is 9.24. The fourth-order valence-electron chi connectivity index (χ4n) is 3.18. The molecule has 1 fully saturated rings. The van der Waals surface area contributed by atoms with Crippen LogP contribution in [-0.2, 0) is 0 Å². The first-order valence-corrected chi connectivity index (χ1v) is 9.06. The topological polar surface area (TPSA) is 27.3 Å². The Bertz CT molecular complexity index is 373. The molecule has 0 aromatic rings. The van der Waals surface area contributed by atoms with Crippen LogP contribution in [-0.4, -0.2) is 23.6 Å². The number of nitrogens with one attached hydrogen (secondary N) is 2. The van der Waals surface area contributed by atoms with Crippen molar-refractivity contribution in [3.8, 4) is 0 Å². The molecule has 1 heterocycles. The minimum absolute atomic E-state index is 0.271. The summed E-state index contributed by atoms with van der Waals surface area (Å²) in [7, 11) is 0. The molecule has 1 aliphatic heterocycles. The highest BCUT2D eigenvalue weighted by atomic mass is 15.5. The van der Waals surface area contributed by atoms with Gasteiger partial charge < -0.3 is 10.7 Å². The fourth-order valence-corrected chi connectivity index (χ4v) is 3.18. The van der Waals surface area contributed by atoms with Gasteiger partial charge in [-0.1, -0.05) is 53.7 Å². The standard InChI is InChI=1S/C19H37N3/c1-8-10-18-12-15(5)13-22(18)21-19(11-14(3)4)17(7)20-16(6)9-2/h11,14-15,17-18,20-21H,6,8-10,12-13H2,1-5,7H3/b19-11-. The van der Waals surface area contributed by atoms with E-state index >= 15 is 0 Å². The van der Waals surface area contributed by atoms with Crippen LogP contribution in [0.25, 0.3) is 0 Å². The molecule has 0 amide bonds. The lowest BCUT2D eigenvalue weighted by atomic mass is 10.0. The van der Waals surface area contributed by atoms with E-state index in [4.69, 9.17) is 0 Å². The van der Waals surface area contributed by atoms with Gasteiger partial charge in [-0.25, -0.2) is 5.01 Å². The smallest absolute Gasteiger partial charge is 0.0639 e. The molecule has 3 heteroatoms. The monoisotopic (exact) mass is 307 g/mol. The molecule has 22 heavy (non-hydrogen) atoms. The Morgan fingerprint density at radius 1 is 1.32 bits per heavy atom. The van der Waals surface area contributed by atoms with Crippen molar-refractivity contribution in [3.63, 3.8) is 0 Å². The predicted octanol–water partition coefficient (Wildman–Crippen LogP) is 4.44. The summed E-state index contributed by atoms with van der Waals surface area (Å²) < 4.78 is 0. The Balaban J connectivity index is 2.78. The zero-order valence-corrected chi connectivity index (χ0v) is 15.6. The third-order valence-electron chi connectivity index (χ3n) is 4.34. The van der Waals surface area contributed by atoms with Gasteiger partial charge in [0.25, 0.3) is 0 Å². The predicted molar refractivity (Wildman–Crippen MR) is 97.3 cm³/mol. The van der Waals surface area contributed by atoms with Crippen LogP contribution in [0.15, 0.2) is 24.0 Å². The molecule has 3 atom stereocenters. The molecule has 0 radical (unpaired) electrons. The summed E-state index contributed by atoms with van der Waals surface area (Å²) in [6.45, 7) is 18.7. The molecule has 0 aromatic heterocycles. The van der Waals surface area contributed by atoms with Gasteiger partial charge in [-0.05, 0) is 38.0 Å². The van der Waals surface area contributed by atoms with Gasteiger partial charge in [-0.15, -0.1) is 0 Å². The molecule has 2 N–H and O–H groups in total. The van der Waals surface area contributed by atoms with Crippen molar-refractivity contribution < 1.29 is 0 Å². The van der Waals surface area contributed by atoms with Crippen LogP contribution < -0.4 is 10.7 Å². The lowest BCUT2D eigenvalue weighted by Crippen LogP contribution is -2.46. The molecule has 1 aliphatic rings. The first-order chi connectivity index (χ1) is 10.4. The molecule has 0 spiro atoms. The Hall–Kier alpha value is -0.960. The van der Waals surface area contributed by atoms with E-state index in [1.807, 2.05) is 0 Å². The Labute approximate surface area is 138 Å². The minimum atomic E-state index is 0.271. The SMILES string of the molecule is C=C(CC)NC(C)/C(=C/C(C)C)NN1CC(C)CC1CCC. The van der Waals surface area contributed by atoms with Crippen LogP contribution in [0, 0.1) is 11.8 Å². The number of rotatable bonds is 9. The molecular formula is C19H37N3. The fraction of sp³-hybridized carbons (Fsp3) is 0.789. The lowest BCUT2D eigenvalue weighted by Gasteiger charge is -2.31. The molecule has 128 valence electrons. The average molecular weight is 308 g/mol. The van der Waals surface area contributed by atoms with Crippen molar-refractivity contribution >= 4 is 0 Å². The number of hydrogen-bond acceptors (Lipinski definition) is 3. The Morgan fingerprint density at radius 2 is 2.00 bits per heavy atom. The Kier molecular flexibility index (Phi) is 8.02. The van der Waals surface area contributed by atoms with Gasteiger partial charge in [0.1, 0.15) is 0 Å². The maximum atomic E-state index is 4.08. The zero-order chi connectivity index (χ0) is 16.7. The van der Waals surface area contributed by atoms with Gasteiger partial charge in [0, 0.05) is 24.0 Å². The Morgan fingerprint density at radius 3 is 2.55 bits per heavy atom. The number of nitrogens with zero attached hydrogens (tertiary/aromatic N) is 1. The molecule has 3 nitrogen and oxygen atoms in total. The van der Waals surface area contributed by atoms with E-state index in [1.165, 1.54) is 25.0 Å². The summed E-state index contributed by atoms with van der Waals surface area (Å²) in [6, 6.07) is 0.935. The zero-order valence-electron chi connectivity index (χ0n) is 15.6. The lowest BCUT2D eigenvalue weighted by molar-refractivity contribution is 0.175. The summed E-state index contributed by atoms with van der Waals surface area (Å²) >= 11 is 0. The molecule has 3 unspecified atom stereocenters. The summed E-state index contributed by atoms with van der Waals surface area (Å²) in [6.07, 6.45) is 7.14. The molecule has 0 bridgehead atoms. The molecule has 0 saturated carbocycles. The van der Waals surface area contributed by atoms with Crippen LogP contribution in [0.2, 0.25) is 0 Å². The quantitative estimate of drug-likeness (QED) is 0.659. The largest absolute Gasteiger partial charge is 0.381 e. The van der Waals surface area contributed by atoms with Crippen molar-refractivity contribution in [3.05, 3.63) is 24.0 Å². The van der Waals surface area contributed by atoms with Crippen LogP contribution in [0.4, 0.5) is 0 Å². The van der Waals surface area contributed by atoms with E-state index in [0.717, 1.165) is 24.6 Å². The third kappa shape index (κ3) is 6.04. The van der Waals surface area contributed by atoms with Crippen LogP contribution >= 0.6 is 0 Å². The van der Waals surface area contributed by atoms with E-state index in [-0.39, 0.29) is 6.04 Å². The van der Waals surface area contributed by atoms with Crippen LogP contribution in [0.5, 0.6) is 0 Å². The number of allylic oxidation sites excluding steroid dienone is 2. The van der Waals surface area contributed by atoms with E-state index in [2.05, 4.69) is 69.9 Å². The second-order valence-corrected chi connectivity index (χ2v) is 7.24. The number of hydrogen-bond donors (Lipinski definition) is 2. The molecule has 0 aromatic carbocycles. The number of hydrazine groups is 1. The van der Waals surface area contributed by atoms with Crippen LogP contribution in [0.1, 0.15) is 67.2 Å². The van der Waals surface area contributed by atoms with E-state index in [1.54, 1.807) is 0 Å². The van der Waals surface area contributed by atoms with E-state index in [9.17, 15) is 0 Å². The molecule has 1 rings (SSSR count). The summed E-state index contributed by atoms with van der Waals surface area (Å²) in [5.41, 5.74) is 6.11.